The van der Waals surface area contributed by atoms with Crippen molar-refractivity contribution in [1.29, 1.82) is 0 Å². The van der Waals surface area contributed by atoms with Gasteiger partial charge >= 0.3 is 0 Å². The van der Waals surface area contributed by atoms with Crippen molar-refractivity contribution >= 4 is 79.0 Å². The first-order valence-corrected chi connectivity index (χ1v) is 46.1. The van der Waals surface area contributed by atoms with Gasteiger partial charge in [0, 0.05) is 55.8 Å². The second kappa shape index (κ2) is 28.8. The van der Waals surface area contributed by atoms with Crippen LogP contribution in [0.5, 0.6) is 0 Å². The number of aromatic nitrogens is 1. The summed E-state index contributed by atoms with van der Waals surface area (Å²) < 4.78 is 2.57. The van der Waals surface area contributed by atoms with Gasteiger partial charge in [0.05, 0.1) is 38.9 Å². The number of benzene rings is 21. The minimum absolute atomic E-state index is 0.430. The summed E-state index contributed by atoms with van der Waals surface area (Å²) in [6, 6.07) is 186. The molecule has 2 spiro atoms. The van der Waals surface area contributed by atoms with Gasteiger partial charge in [0.25, 0.3) is 6.71 Å². The van der Waals surface area contributed by atoms with E-state index in [1.807, 2.05) is 0 Å². The normalized spacial score (nSPS) is 13.5. The molecule has 0 fully saturated rings. The summed E-state index contributed by atoms with van der Waals surface area (Å²) in [5.41, 5.74) is 50.9. The van der Waals surface area contributed by atoms with E-state index in [2.05, 4.69) is 500 Å². The van der Waals surface area contributed by atoms with E-state index in [1.165, 1.54) is 127 Å². The highest BCUT2D eigenvalue weighted by Crippen LogP contribution is 2.67. The van der Waals surface area contributed by atoms with Crippen LogP contribution in [0.2, 0.25) is 0 Å². The van der Waals surface area contributed by atoms with Crippen molar-refractivity contribution in [3.63, 3.8) is 0 Å². The fraction of sp³-hybridized carbons (Fsp3) is 0.0156. The molecular formula is C128H80BN3. The minimum atomic E-state index is -0.573. The number of anilines is 6. The van der Waals surface area contributed by atoms with Gasteiger partial charge in [-0.15, -0.1) is 0 Å². The first-order chi connectivity index (χ1) is 65.5. The number of fused-ring (bicyclic) bond motifs is 27. The molecule has 3 heterocycles. The molecule has 0 atom stereocenters. The smallest absolute Gasteiger partial charge is 0.252 e. The molecule has 0 radical (unpaired) electrons. The Morgan fingerprint density at radius 3 is 0.788 bits per heavy atom. The van der Waals surface area contributed by atoms with Crippen molar-refractivity contribution in [1.82, 2.24) is 4.57 Å². The third kappa shape index (κ3) is 10.4. The predicted molar refractivity (Wildman–Crippen MR) is 551 cm³/mol. The van der Waals surface area contributed by atoms with E-state index < -0.39 is 17.5 Å². The van der Waals surface area contributed by atoms with E-state index in [4.69, 9.17) is 0 Å². The molecule has 610 valence electrons. The number of rotatable bonds is 11. The van der Waals surface area contributed by atoms with Crippen LogP contribution in [0.3, 0.4) is 0 Å². The Bertz CT molecular complexity index is 7880. The van der Waals surface area contributed by atoms with E-state index in [0.717, 1.165) is 129 Å². The zero-order chi connectivity index (χ0) is 86.4. The van der Waals surface area contributed by atoms with Gasteiger partial charge in [-0.25, -0.2) is 0 Å². The van der Waals surface area contributed by atoms with Crippen LogP contribution >= 0.6 is 0 Å². The molecule has 1 aromatic heterocycles. The molecule has 0 saturated heterocycles. The van der Waals surface area contributed by atoms with E-state index in [-0.39, 0.29) is 0 Å². The van der Waals surface area contributed by atoms with Crippen molar-refractivity contribution in [2.75, 3.05) is 9.80 Å². The molecule has 4 aliphatic carbocycles. The molecule has 0 amide bonds. The van der Waals surface area contributed by atoms with Gasteiger partial charge in [-0.3, -0.25) is 0 Å². The Morgan fingerprint density at radius 1 is 0.174 bits per heavy atom. The highest BCUT2D eigenvalue weighted by atomic mass is 15.2. The third-order valence-electron chi connectivity index (χ3n) is 29.8. The fourth-order valence-corrected chi connectivity index (χ4v) is 24.6. The molecule has 28 rings (SSSR count). The van der Waals surface area contributed by atoms with Crippen LogP contribution < -0.4 is 26.2 Å². The average Bonchev–Trinajstić information content (AvgIpc) is 1.23. The summed E-state index contributed by atoms with van der Waals surface area (Å²) in [5, 5.41) is 2.38. The van der Waals surface area contributed by atoms with Crippen molar-refractivity contribution in [2.45, 2.75) is 10.8 Å². The van der Waals surface area contributed by atoms with E-state index in [1.54, 1.807) is 0 Å². The minimum Gasteiger partial charge on any atom is -0.310 e. The van der Waals surface area contributed by atoms with Crippen molar-refractivity contribution in [3.8, 4) is 139 Å². The van der Waals surface area contributed by atoms with Gasteiger partial charge in [-0.2, -0.15) is 0 Å². The number of nitrogens with zero attached hydrogens (tertiary/aromatic N) is 3. The zero-order valence-electron chi connectivity index (χ0n) is 72.1. The largest absolute Gasteiger partial charge is 0.310 e. The molecule has 0 saturated carbocycles. The van der Waals surface area contributed by atoms with Gasteiger partial charge in [0.15, 0.2) is 0 Å². The highest BCUT2D eigenvalue weighted by Gasteiger charge is 2.55. The van der Waals surface area contributed by atoms with Gasteiger partial charge in [0.2, 0.25) is 0 Å². The van der Waals surface area contributed by atoms with Gasteiger partial charge in [-0.05, 0) is 233 Å². The Kier molecular flexibility index (Phi) is 16.2. The molecule has 4 heteroatoms. The summed E-state index contributed by atoms with van der Waals surface area (Å²) in [6.45, 7) is -0.430. The van der Waals surface area contributed by atoms with Crippen molar-refractivity contribution < 1.29 is 0 Å². The SMILES string of the molecule is c1ccc(-c2cc(-c3ccccc3)c(N3c4ccc(-c5cccc6c5-c5ccccc5C65c6ccccc6-c6ccccc65)cc4B4c5cc(-c6cccc7c6-c6ccccc6C76c7ccccc7-c7ccccc76)ccc5N(c5c(-c6ccccc6)cc(-c6ccccc6)cc5-c5ccccc5)c5cc(-n6c7ccccc7c7ccccc76)cc3c54)c(-c3ccccc3)c2)cc1. The van der Waals surface area contributed by atoms with Crippen LogP contribution in [-0.4, -0.2) is 11.3 Å². The quantitative estimate of drug-likeness (QED) is 0.120. The lowest BCUT2D eigenvalue weighted by molar-refractivity contribution is 0.794. The molecule has 21 aromatic carbocycles. The maximum Gasteiger partial charge on any atom is 0.252 e. The van der Waals surface area contributed by atoms with E-state index >= 15 is 0 Å². The van der Waals surface area contributed by atoms with Crippen LogP contribution in [0, 0.1) is 0 Å². The fourth-order valence-electron chi connectivity index (χ4n) is 24.6. The summed E-state index contributed by atoms with van der Waals surface area (Å²) in [6.07, 6.45) is 0. The lowest BCUT2D eigenvalue weighted by Crippen LogP contribution is -2.61. The molecule has 3 nitrogen and oxygen atoms in total. The number of para-hydroxylation sites is 2. The first kappa shape index (κ1) is 74.2. The third-order valence-corrected chi connectivity index (χ3v) is 29.8. The number of hydrogen-bond acceptors (Lipinski definition) is 2. The summed E-state index contributed by atoms with van der Waals surface area (Å²) in [4.78, 5) is 5.49. The molecule has 22 aromatic rings. The maximum atomic E-state index is 2.75. The van der Waals surface area contributed by atoms with Crippen LogP contribution in [-0.2, 0) is 10.8 Å². The van der Waals surface area contributed by atoms with Crippen LogP contribution in [0.25, 0.3) is 161 Å². The van der Waals surface area contributed by atoms with Crippen LogP contribution in [0.15, 0.2) is 485 Å². The zero-order valence-corrected chi connectivity index (χ0v) is 72.1. The second-order valence-electron chi connectivity index (χ2n) is 36.2. The molecule has 0 bridgehead atoms. The van der Waals surface area contributed by atoms with Gasteiger partial charge < -0.3 is 14.4 Å². The standard InChI is InChI=1S/C128H80BN3/c1-7-37-81(38-8-1)89-73-102(83-41-11-3-12-42-83)125(103(74-89)84-43-13-4-14-44-84)131-118-71-69-87(92-57-35-65-112-122(92)100-55-23-31-63-110(100)127(112)106-59-27-19-49-94(106)95-50-20-28-60-107(95)127)77-114(118)129-115-78-88(93-58-36-66-113-123(93)101-56-24-32-64-111(101)128(113)108-61-29-21-51-96(108)97-52-22-30-62-109(97)128)70-72-119(115)132(121-80-91(79-120(131)124(121)129)130-116-67-33-25-53-98(116)99-54-26-34-68-117(99)130)126-104(85-45-15-5-16-46-85)75-90(82-39-9-2-10-40-82)76-105(126)86-47-17-6-18-48-86/h1-80H. The van der Waals surface area contributed by atoms with Crippen LogP contribution in [0.1, 0.15) is 44.5 Å². The molecular weight excluding hydrogens is 1590 g/mol. The summed E-state index contributed by atoms with van der Waals surface area (Å²) >= 11 is 0. The van der Waals surface area contributed by atoms with Crippen molar-refractivity contribution in [3.05, 3.63) is 530 Å². The summed E-state index contributed by atoms with van der Waals surface area (Å²) in [7, 11) is 0. The molecule has 6 aliphatic rings. The van der Waals surface area contributed by atoms with Gasteiger partial charge in [-0.1, -0.05) is 425 Å². The molecule has 0 N–H and O–H groups in total. The average molecular weight is 1670 g/mol. The van der Waals surface area contributed by atoms with Crippen molar-refractivity contribution in [2.24, 2.45) is 0 Å². The monoisotopic (exact) mass is 1670 g/mol. The maximum absolute atomic E-state index is 2.75. The Morgan fingerprint density at radius 2 is 0.447 bits per heavy atom. The Hall–Kier alpha value is -16.9. The predicted octanol–water partition coefficient (Wildman–Crippen LogP) is 30.9. The molecule has 0 unspecified atom stereocenters. The Labute approximate surface area is 767 Å². The van der Waals surface area contributed by atoms with Crippen LogP contribution in [0.4, 0.5) is 34.1 Å². The topological polar surface area (TPSA) is 11.4 Å². The van der Waals surface area contributed by atoms with E-state index in [0.29, 0.717) is 0 Å². The molecule has 132 heavy (non-hydrogen) atoms. The first-order valence-electron chi connectivity index (χ1n) is 46.1. The number of hydrogen-bond donors (Lipinski definition) is 0. The van der Waals surface area contributed by atoms with E-state index in [9.17, 15) is 0 Å². The Balaban J connectivity index is 0.809. The van der Waals surface area contributed by atoms with Gasteiger partial charge in [0.1, 0.15) is 0 Å². The summed E-state index contributed by atoms with van der Waals surface area (Å²) in [5.74, 6) is 0. The molecule has 2 aliphatic heterocycles. The lowest BCUT2D eigenvalue weighted by atomic mass is 9.33. The lowest BCUT2D eigenvalue weighted by Gasteiger charge is -2.46. The second-order valence-corrected chi connectivity index (χ2v) is 36.2. The highest BCUT2D eigenvalue weighted by molar-refractivity contribution is 7.00.